The molecule has 0 radical (unpaired) electrons. The largest absolute Gasteiger partial charge is 0.490 e. The van der Waals surface area contributed by atoms with Crippen molar-refractivity contribution in [3.63, 3.8) is 0 Å². The first-order valence-electron chi connectivity index (χ1n) is 12.0. The fraction of sp³-hybridized carbons (Fsp3) is 0.577. The average molecular weight is 532 g/mol. The van der Waals surface area contributed by atoms with Crippen molar-refractivity contribution < 1.29 is 19.0 Å². The number of ketones is 1. The molecule has 8 heteroatoms. The molecule has 2 aliphatic rings. The molecule has 1 heterocycles. The van der Waals surface area contributed by atoms with Crippen molar-refractivity contribution >= 4 is 27.4 Å². The third kappa shape index (κ3) is 5.88. The number of carbonyl (C=O) groups excluding carboxylic acids is 1. The van der Waals surface area contributed by atoms with E-state index in [1.807, 2.05) is 26.0 Å². The molecular weight excluding hydrogens is 498 g/mol. The lowest BCUT2D eigenvalue weighted by Gasteiger charge is -2.35. The minimum Gasteiger partial charge on any atom is -0.490 e. The number of Topliss-reactive ketones (excluding diaryl/α,β-unsaturated/α-hetero) is 1. The van der Waals surface area contributed by atoms with Crippen LogP contribution in [0.5, 0.6) is 11.5 Å². The number of allylic oxidation sites excluding steroid dienone is 2. The highest BCUT2D eigenvalue weighted by molar-refractivity contribution is 9.10. The highest BCUT2D eigenvalue weighted by Crippen LogP contribution is 2.48. The van der Waals surface area contributed by atoms with Crippen molar-refractivity contribution in [2.75, 3.05) is 33.0 Å². The molecule has 3 unspecified atom stereocenters. The lowest BCUT2D eigenvalue weighted by Crippen LogP contribution is -2.32. The van der Waals surface area contributed by atoms with E-state index in [-0.39, 0.29) is 11.7 Å². The Bertz CT molecular complexity index is 998. The van der Waals surface area contributed by atoms with Crippen LogP contribution in [0, 0.1) is 23.2 Å². The van der Waals surface area contributed by atoms with Crippen LogP contribution in [0.15, 0.2) is 32.9 Å². The summed E-state index contributed by atoms with van der Waals surface area (Å²) in [4.78, 5) is 18.1. The van der Waals surface area contributed by atoms with E-state index in [2.05, 4.69) is 28.9 Å². The van der Waals surface area contributed by atoms with Gasteiger partial charge in [0, 0.05) is 35.9 Å². The Morgan fingerprint density at radius 3 is 2.68 bits per heavy atom. The van der Waals surface area contributed by atoms with Crippen LogP contribution in [0.4, 0.5) is 0 Å². The van der Waals surface area contributed by atoms with E-state index in [1.165, 1.54) is 0 Å². The zero-order chi connectivity index (χ0) is 24.7. The van der Waals surface area contributed by atoms with Crippen molar-refractivity contribution in [1.82, 2.24) is 0 Å². The lowest BCUT2D eigenvalue weighted by atomic mass is 9.70. The Kier molecular flexibility index (Phi) is 9.69. The average Bonchev–Trinajstić information content (AvgIpc) is 2.79. The quantitative estimate of drug-likeness (QED) is 0.405. The molecule has 34 heavy (non-hydrogen) atoms. The molecule has 7 nitrogen and oxygen atoms in total. The second-order valence-corrected chi connectivity index (χ2v) is 9.55. The lowest BCUT2D eigenvalue weighted by molar-refractivity contribution is -0.117. The monoisotopic (exact) mass is 531 g/mol. The number of nitrogens with zero attached hydrogens (tertiary/aromatic N) is 2. The third-order valence-corrected chi connectivity index (χ3v) is 6.83. The van der Waals surface area contributed by atoms with Crippen LogP contribution in [0.3, 0.4) is 0 Å². The molecule has 1 aliphatic carbocycles. The standard InChI is InChI=1S/C26H34BrN3O4/c1-4-6-17-11-21-25(22(31)12-17)24(19(15-29)16(3)30-21)18-13-20(27)26(23(14-18)33-5-2)34-10-9-32-8-7-28/h13-14,17,19,24H,4-12,28H2,1-3H3. The first kappa shape index (κ1) is 26.4. The van der Waals surface area contributed by atoms with E-state index in [9.17, 15) is 10.1 Å². The summed E-state index contributed by atoms with van der Waals surface area (Å²) in [5.74, 6) is 0.664. The molecule has 1 aromatic carbocycles. The minimum absolute atomic E-state index is 0.104. The smallest absolute Gasteiger partial charge is 0.175 e. The van der Waals surface area contributed by atoms with Gasteiger partial charge in [0.1, 0.15) is 6.61 Å². The summed E-state index contributed by atoms with van der Waals surface area (Å²) < 4.78 is 18.0. The predicted molar refractivity (Wildman–Crippen MR) is 135 cm³/mol. The third-order valence-electron chi connectivity index (χ3n) is 6.24. The SMILES string of the molecule is CCCC1CC(=O)C2=C(C1)N=C(C)C(C#N)C2c1cc(Br)c(OCCOCCN)c(OCC)c1. The van der Waals surface area contributed by atoms with E-state index in [0.717, 1.165) is 36.2 Å². The van der Waals surface area contributed by atoms with Gasteiger partial charge in [-0.2, -0.15) is 5.26 Å². The first-order chi connectivity index (χ1) is 16.4. The summed E-state index contributed by atoms with van der Waals surface area (Å²) in [6, 6.07) is 6.23. The maximum atomic E-state index is 13.3. The van der Waals surface area contributed by atoms with Gasteiger partial charge in [0.05, 0.1) is 36.3 Å². The highest BCUT2D eigenvalue weighted by atomic mass is 79.9. The molecule has 3 atom stereocenters. The molecule has 0 saturated carbocycles. The molecule has 0 saturated heterocycles. The Balaban J connectivity index is 1.99. The van der Waals surface area contributed by atoms with Crippen LogP contribution < -0.4 is 15.2 Å². The molecular formula is C26H34BrN3O4. The number of nitrogens with two attached hydrogens (primary N) is 1. The number of ether oxygens (including phenoxy) is 3. The molecule has 3 rings (SSSR count). The van der Waals surface area contributed by atoms with Crippen LogP contribution in [-0.4, -0.2) is 44.5 Å². The van der Waals surface area contributed by atoms with E-state index < -0.39 is 5.92 Å². The molecule has 0 fully saturated rings. The summed E-state index contributed by atoms with van der Waals surface area (Å²) in [6.07, 6.45) is 3.34. The molecule has 0 amide bonds. The maximum Gasteiger partial charge on any atom is 0.175 e. The van der Waals surface area contributed by atoms with Gasteiger partial charge in [0.25, 0.3) is 0 Å². The molecule has 0 bridgehead atoms. The zero-order valence-corrected chi connectivity index (χ0v) is 21.8. The summed E-state index contributed by atoms with van der Waals surface area (Å²) >= 11 is 3.63. The second-order valence-electron chi connectivity index (χ2n) is 8.70. The van der Waals surface area contributed by atoms with E-state index in [1.54, 1.807) is 0 Å². The van der Waals surface area contributed by atoms with Gasteiger partial charge >= 0.3 is 0 Å². The zero-order valence-electron chi connectivity index (χ0n) is 20.2. The number of halogens is 1. The summed E-state index contributed by atoms with van der Waals surface area (Å²) in [5.41, 5.74) is 8.58. The number of aliphatic imine (C=N–C) groups is 1. The van der Waals surface area contributed by atoms with Gasteiger partial charge in [0.15, 0.2) is 17.3 Å². The van der Waals surface area contributed by atoms with E-state index in [4.69, 9.17) is 24.9 Å². The molecule has 1 aliphatic heterocycles. The summed E-state index contributed by atoms with van der Waals surface area (Å²) in [7, 11) is 0. The number of benzene rings is 1. The van der Waals surface area contributed by atoms with Crippen LogP contribution in [0.2, 0.25) is 0 Å². The number of nitriles is 1. The van der Waals surface area contributed by atoms with Crippen molar-refractivity contribution in [3.05, 3.63) is 33.4 Å². The van der Waals surface area contributed by atoms with E-state index in [0.29, 0.717) is 66.9 Å². The van der Waals surface area contributed by atoms with Gasteiger partial charge in [0.2, 0.25) is 0 Å². The molecule has 184 valence electrons. The molecule has 0 aromatic heterocycles. The van der Waals surface area contributed by atoms with Crippen molar-refractivity contribution in [3.8, 4) is 17.6 Å². The van der Waals surface area contributed by atoms with Crippen LogP contribution >= 0.6 is 15.9 Å². The van der Waals surface area contributed by atoms with Crippen molar-refractivity contribution in [2.45, 2.75) is 52.4 Å². The van der Waals surface area contributed by atoms with Gasteiger partial charge in [-0.3, -0.25) is 9.79 Å². The summed E-state index contributed by atoms with van der Waals surface area (Å²) in [6.45, 7) is 8.08. The van der Waals surface area contributed by atoms with Gasteiger partial charge in [-0.25, -0.2) is 0 Å². The normalized spacial score (nSPS) is 22.2. The van der Waals surface area contributed by atoms with E-state index >= 15 is 0 Å². The number of carbonyl (C=O) groups is 1. The topological polar surface area (TPSA) is 107 Å². The van der Waals surface area contributed by atoms with Crippen molar-refractivity contribution in [1.29, 1.82) is 5.26 Å². The van der Waals surface area contributed by atoms with Gasteiger partial charge in [-0.15, -0.1) is 0 Å². The van der Waals surface area contributed by atoms with Gasteiger partial charge < -0.3 is 19.9 Å². The molecule has 1 aromatic rings. The van der Waals surface area contributed by atoms with Crippen LogP contribution in [0.1, 0.15) is 57.9 Å². The Morgan fingerprint density at radius 2 is 2.00 bits per heavy atom. The first-order valence-corrected chi connectivity index (χ1v) is 12.8. The summed E-state index contributed by atoms with van der Waals surface area (Å²) in [5, 5.41) is 10.0. The van der Waals surface area contributed by atoms with Crippen LogP contribution in [-0.2, 0) is 9.53 Å². The fourth-order valence-corrected chi connectivity index (χ4v) is 5.41. The van der Waals surface area contributed by atoms with Crippen molar-refractivity contribution in [2.24, 2.45) is 22.6 Å². The highest BCUT2D eigenvalue weighted by Gasteiger charge is 2.41. The Morgan fingerprint density at radius 1 is 1.21 bits per heavy atom. The predicted octanol–water partition coefficient (Wildman–Crippen LogP) is 4.93. The minimum atomic E-state index is -0.511. The van der Waals surface area contributed by atoms with Gasteiger partial charge in [-0.05, 0) is 66.2 Å². The number of hydrogen-bond donors (Lipinski definition) is 1. The second kappa shape index (κ2) is 12.5. The number of rotatable bonds is 11. The number of hydrogen-bond acceptors (Lipinski definition) is 7. The Labute approximate surface area is 210 Å². The maximum absolute atomic E-state index is 13.3. The fourth-order valence-electron chi connectivity index (χ4n) is 4.84. The Hall–Kier alpha value is -2.21. The van der Waals surface area contributed by atoms with Gasteiger partial charge in [-0.1, -0.05) is 13.3 Å². The molecule has 2 N–H and O–H groups in total. The van der Waals surface area contributed by atoms with Crippen LogP contribution in [0.25, 0.3) is 0 Å². The molecule has 0 spiro atoms.